The van der Waals surface area contributed by atoms with Crippen LogP contribution in [0.4, 0.5) is 0 Å². The highest BCUT2D eigenvalue weighted by atomic mass is 16.7. The molecule has 4 nitrogen and oxygen atoms in total. The lowest BCUT2D eigenvalue weighted by molar-refractivity contribution is -0.125. The van der Waals surface area contributed by atoms with Crippen LogP contribution in [0.5, 0.6) is 11.5 Å². The van der Waals surface area contributed by atoms with Gasteiger partial charge in [0.15, 0.2) is 11.5 Å². The first-order chi connectivity index (χ1) is 8.74. The third kappa shape index (κ3) is 2.64. The van der Waals surface area contributed by atoms with Crippen LogP contribution < -0.4 is 9.47 Å². The molecule has 0 spiro atoms. The molecule has 1 aliphatic rings. The second-order valence-corrected chi connectivity index (χ2v) is 3.96. The fourth-order valence-electron chi connectivity index (χ4n) is 1.83. The van der Waals surface area contributed by atoms with Crippen LogP contribution in [0.25, 0.3) is 6.08 Å². The maximum absolute atomic E-state index is 11.8. The summed E-state index contributed by atoms with van der Waals surface area (Å²) in [4.78, 5) is 13.6. The van der Waals surface area contributed by atoms with Gasteiger partial charge in [-0.05, 0) is 37.6 Å². The van der Waals surface area contributed by atoms with Crippen LogP contribution in [0, 0.1) is 0 Å². The van der Waals surface area contributed by atoms with Crippen molar-refractivity contribution in [2.24, 2.45) is 0 Å². The minimum Gasteiger partial charge on any atom is -0.454 e. The Balaban J connectivity index is 2.07. The highest BCUT2D eigenvalue weighted by molar-refractivity contribution is 5.91. The lowest BCUT2D eigenvalue weighted by Gasteiger charge is -2.15. The van der Waals surface area contributed by atoms with Crippen molar-refractivity contribution in [3.8, 4) is 11.5 Å². The first kappa shape index (κ1) is 12.5. The quantitative estimate of drug-likeness (QED) is 0.766. The average molecular weight is 247 g/mol. The Labute approximate surface area is 107 Å². The molecule has 0 aromatic heterocycles. The van der Waals surface area contributed by atoms with Crippen molar-refractivity contribution < 1.29 is 14.3 Å². The van der Waals surface area contributed by atoms with Crippen LogP contribution in [-0.4, -0.2) is 30.7 Å². The predicted octanol–water partition coefficient (Wildman–Crippen LogP) is 2.30. The first-order valence-electron chi connectivity index (χ1n) is 6.11. The van der Waals surface area contributed by atoms with Gasteiger partial charge in [0.1, 0.15) is 0 Å². The summed E-state index contributed by atoms with van der Waals surface area (Å²) in [7, 11) is 0. The molecule has 0 aliphatic carbocycles. The first-order valence-corrected chi connectivity index (χ1v) is 6.11. The molecule has 1 amide bonds. The second-order valence-electron chi connectivity index (χ2n) is 3.96. The van der Waals surface area contributed by atoms with Crippen LogP contribution >= 0.6 is 0 Å². The number of carbonyl (C=O) groups excluding carboxylic acids is 1. The van der Waals surface area contributed by atoms with Crippen molar-refractivity contribution in [2.45, 2.75) is 13.8 Å². The molecule has 0 fully saturated rings. The monoisotopic (exact) mass is 247 g/mol. The van der Waals surface area contributed by atoms with Crippen LogP contribution in [0.15, 0.2) is 24.3 Å². The van der Waals surface area contributed by atoms with Crippen molar-refractivity contribution >= 4 is 12.0 Å². The summed E-state index contributed by atoms with van der Waals surface area (Å²) >= 11 is 0. The van der Waals surface area contributed by atoms with Crippen molar-refractivity contribution in [1.82, 2.24) is 4.90 Å². The van der Waals surface area contributed by atoms with E-state index in [0.717, 1.165) is 30.2 Å². The molecule has 2 rings (SSSR count). The fourth-order valence-corrected chi connectivity index (χ4v) is 1.83. The van der Waals surface area contributed by atoms with Gasteiger partial charge in [0.25, 0.3) is 0 Å². The van der Waals surface area contributed by atoms with Gasteiger partial charge in [-0.2, -0.15) is 0 Å². The van der Waals surface area contributed by atoms with E-state index in [1.165, 1.54) is 0 Å². The van der Waals surface area contributed by atoms with Gasteiger partial charge < -0.3 is 14.4 Å². The van der Waals surface area contributed by atoms with E-state index in [-0.39, 0.29) is 12.7 Å². The Morgan fingerprint density at radius 2 is 2.00 bits per heavy atom. The number of benzene rings is 1. The summed E-state index contributed by atoms with van der Waals surface area (Å²) in [6.45, 7) is 5.65. The topological polar surface area (TPSA) is 38.8 Å². The van der Waals surface area contributed by atoms with E-state index >= 15 is 0 Å². The van der Waals surface area contributed by atoms with Gasteiger partial charge in [0.2, 0.25) is 12.7 Å². The molecule has 96 valence electrons. The number of hydrogen-bond acceptors (Lipinski definition) is 3. The molecule has 1 aromatic rings. The largest absolute Gasteiger partial charge is 0.454 e. The number of amides is 1. The lowest BCUT2D eigenvalue weighted by atomic mass is 10.2. The number of fused-ring (bicyclic) bond motifs is 1. The molecule has 0 atom stereocenters. The molecular weight excluding hydrogens is 230 g/mol. The molecule has 0 bridgehead atoms. The smallest absolute Gasteiger partial charge is 0.246 e. The zero-order valence-corrected chi connectivity index (χ0v) is 10.7. The molecule has 1 heterocycles. The third-order valence-electron chi connectivity index (χ3n) is 2.89. The Hall–Kier alpha value is -1.97. The standard InChI is InChI=1S/C14H17NO3/c1-3-15(4-2)14(16)8-6-11-5-7-12-13(9-11)18-10-17-12/h5-9H,3-4,10H2,1-2H3/b8-6+. The van der Waals surface area contributed by atoms with Crippen molar-refractivity contribution in [3.05, 3.63) is 29.8 Å². The summed E-state index contributed by atoms with van der Waals surface area (Å²) < 4.78 is 10.5. The second kappa shape index (κ2) is 5.58. The summed E-state index contributed by atoms with van der Waals surface area (Å²) in [6.07, 6.45) is 3.38. The van der Waals surface area contributed by atoms with Crippen molar-refractivity contribution in [1.29, 1.82) is 0 Å². The lowest BCUT2D eigenvalue weighted by Crippen LogP contribution is -2.28. The zero-order chi connectivity index (χ0) is 13.0. The molecular formula is C14H17NO3. The van der Waals surface area contributed by atoms with Crippen LogP contribution in [0.2, 0.25) is 0 Å². The van der Waals surface area contributed by atoms with Gasteiger partial charge in [-0.3, -0.25) is 4.79 Å². The van der Waals surface area contributed by atoms with E-state index in [0.29, 0.717) is 0 Å². The van der Waals surface area contributed by atoms with E-state index in [9.17, 15) is 4.79 Å². The van der Waals surface area contributed by atoms with Gasteiger partial charge in [0.05, 0.1) is 0 Å². The fraction of sp³-hybridized carbons (Fsp3) is 0.357. The van der Waals surface area contributed by atoms with Gasteiger partial charge in [-0.25, -0.2) is 0 Å². The number of likely N-dealkylation sites (N-methyl/N-ethyl adjacent to an activating group) is 1. The number of carbonyl (C=O) groups is 1. The predicted molar refractivity (Wildman–Crippen MR) is 69.5 cm³/mol. The van der Waals surface area contributed by atoms with E-state index in [2.05, 4.69) is 0 Å². The SMILES string of the molecule is CCN(CC)C(=O)/C=C/c1ccc2c(c1)OCO2. The van der Waals surface area contributed by atoms with Crippen molar-refractivity contribution in [3.63, 3.8) is 0 Å². The molecule has 18 heavy (non-hydrogen) atoms. The molecule has 4 heteroatoms. The summed E-state index contributed by atoms with van der Waals surface area (Å²) in [5.74, 6) is 1.51. The Morgan fingerprint density at radius 1 is 1.28 bits per heavy atom. The highest BCUT2D eigenvalue weighted by Gasteiger charge is 2.12. The minimum atomic E-state index is 0.0256. The van der Waals surface area contributed by atoms with E-state index in [4.69, 9.17) is 9.47 Å². The van der Waals surface area contributed by atoms with Gasteiger partial charge >= 0.3 is 0 Å². The molecule has 0 N–H and O–H groups in total. The minimum absolute atomic E-state index is 0.0256. The maximum Gasteiger partial charge on any atom is 0.246 e. The molecule has 1 aromatic carbocycles. The van der Waals surface area contributed by atoms with E-state index in [1.807, 2.05) is 32.0 Å². The molecule has 0 unspecified atom stereocenters. The molecule has 0 radical (unpaired) electrons. The normalized spacial score (nSPS) is 13.0. The molecule has 1 aliphatic heterocycles. The third-order valence-corrected chi connectivity index (χ3v) is 2.89. The summed E-state index contributed by atoms with van der Waals surface area (Å²) in [5.41, 5.74) is 0.930. The summed E-state index contributed by atoms with van der Waals surface area (Å²) in [5, 5.41) is 0. The average Bonchev–Trinajstić information content (AvgIpc) is 2.85. The Bertz CT molecular complexity index is 464. The maximum atomic E-state index is 11.8. The Kier molecular flexibility index (Phi) is 3.87. The number of hydrogen-bond donors (Lipinski definition) is 0. The van der Waals surface area contributed by atoms with Crippen LogP contribution in [0.3, 0.4) is 0 Å². The number of nitrogens with zero attached hydrogens (tertiary/aromatic N) is 1. The van der Waals surface area contributed by atoms with Crippen LogP contribution in [0.1, 0.15) is 19.4 Å². The van der Waals surface area contributed by atoms with Gasteiger partial charge in [-0.1, -0.05) is 6.07 Å². The molecule has 0 saturated heterocycles. The Morgan fingerprint density at radius 3 is 2.72 bits per heavy atom. The number of rotatable bonds is 4. The summed E-state index contributed by atoms with van der Waals surface area (Å²) in [6, 6.07) is 5.62. The highest BCUT2D eigenvalue weighted by Crippen LogP contribution is 2.32. The van der Waals surface area contributed by atoms with E-state index < -0.39 is 0 Å². The van der Waals surface area contributed by atoms with Crippen LogP contribution in [-0.2, 0) is 4.79 Å². The van der Waals surface area contributed by atoms with Crippen molar-refractivity contribution in [2.75, 3.05) is 19.9 Å². The zero-order valence-electron chi connectivity index (χ0n) is 10.7. The molecule has 0 saturated carbocycles. The van der Waals surface area contributed by atoms with Gasteiger partial charge in [0, 0.05) is 19.2 Å². The van der Waals surface area contributed by atoms with Gasteiger partial charge in [-0.15, -0.1) is 0 Å². The number of ether oxygens (including phenoxy) is 2. The van der Waals surface area contributed by atoms with E-state index in [1.54, 1.807) is 17.1 Å².